The molecule has 0 radical (unpaired) electrons. The van der Waals surface area contributed by atoms with Crippen molar-refractivity contribution in [2.45, 2.75) is 13.0 Å². The molecule has 0 aliphatic heterocycles. The summed E-state index contributed by atoms with van der Waals surface area (Å²) >= 11 is 0. The first-order valence-corrected chi connectivity index (χ1v) is 4.90. The van der Waals surface area contributed by atoms with E-state index in [0.29, 0.717) is 32.8 Å². The van der Waals surface area contributed by atoms with Gasteiger partial charge in [0.1, 0.15) is 0 Å². The van der Waals surface area contributed by atoms with E-state index in [-0.39, 0.29) is 13.2 Å². The van der Waals surface area contributed by atoms with Crippen molar-refractivity contribution in [3.8, 4) is 0 Å². The molecule has 0 heterocycles. The molecule has 0 saturated carbocycles. The first-order chi connectivity index (χ1) is 6.70. The Kier molecular flexibility index (Phi) is 9.23. The van der Waals surface area contributed by atoms with E-state index < -0.39 is 6.10 Å². The quantitative estimate of drug-likeness (QED) is 0.409. The number of hydrogen-bond donors (Lipinski definition) is 3. The number of nitrogens with zero attached hydrogens (tertiary/aromatic N) is 1. The second kappa shape index (κ2) is 9.36. The van der Waals surface area contributed by atoms with Crippen molar-refractivity contribution in [1.29, 1.82) is 0 Å². The summed E-state index contributed by atoms with van der Waals surface area (Å²) in [5, 5.41) is 26.3. The van der Waals surface area contributed by atoms with E-state index >= 15 is 0 Å². The van der Waals surface area contributed by atoms with Crippen molar-refractivity contribution in [2.24, 2.45) is 0 Å². The summed E-state index contributed by atoms with van der Waals surface area (Å²) in [7, 11) is 0. The van der Waals surface area contributed by atoms with Gasteiger partial charge in [-0.05, 0) is 6.92 Å². The minimum absolute atomic E-state index is 0.0798. The molecule has 0 spiro atoms. The molecule has 0 bridgehead atoms. The van der Waals surface area contributed by atoms with Crippen molar-refractivity contribution in [2.75, 3.05) is 46.1 Å². The molecule has 1 atom stereocenters. The van der Waals surface area contributed by atoms with Crippen LogP contribution in [0, 0.1) is 0 Å². The number of hydrogen-bond acceptors (Lipinski definition) is 5. The van der Waals surface area contributed by atoms with Crippen LogP contribution in [0.15, 0.2) is 0 Å². The van der Waals surface area contributed by atoms with Crippen LogP contribution in [0.3, 0.4) is 0 Å². The maximum atomic E-state index is 8.91. The first-order valence-electron chi connectivity index (χ1n) is 4.90. The van der Waals surface area contributed by atoms with E-state index in [4.69, 9.17) is 20.1 Å². The third kappa shape index (κ3) is 8.40. The predicted octanol–water partition coefficient (Wildman–Crippen LogP) is -1.33. The van der Waals surface area contributed by atoms with Gasteiger partial charge in [-0.15, -0.1) is 0 Å². The highest BCUT2D eigenvalue weighted by atomic mass is 16.5. The third-order valence-corrected chi connectivity index (χ3v) is 1.74. The zero-order valence-corrected chi connectivity index (χ0v) is 8.72. The van der Waals surface area contributed by atoms with E-state index in [2.05, 4.69) is 0 Å². The van der Waals surface area contributed by atoms with Gasteiger partial charge in [0.2, 0.25) is 0 Å². The summed E-state index contributed by atoms with van der Waals surface area (Å²) in [5.74, 6) is 0. The molecule has 86 valence electrons. The second-order valence-electron chi connectivity index (χ2n) is 3.21. The molecule has 14 heavy (non-hydrogen) atoms. The molecule has 0 aromatic rings. The van der Waals surface area contributed by atoms with Gasteiger partial charge in [-0.2, -0.15) is 0 Å². The lowest BCUT2D eigenvalue weighted by Gasteiger charge is -2.19. The molecule has 0 rings (SSSR count). The Balaban J connectivity index is 3.40. The van der Waals surface area contributed by atoms with Gasteiger partial charge in [-0.3, -0.25) is 4.90 Å². The van der Waals surface area contributed by atoms with Gasteiger partial charge in [-0.1, -0.05) is 0 Å². The van der Waals surface area contributed by atoms with Crippen LogP contribution in [-0.4, -0.2) is 72.4 Å². The standard InChI is InChI=1S/C9H21NO4/c1-9(13)8-14-7-4-10(2-5-11)3-6-12/h9,11-13H,2-8H2,1H3. The third-order valence-electron chi connectivity index (χ3n) is 1.74. The van der Waals surface area contributed by atoms with Crippen LogP contribution >= 0.6 is 0 Å². The first kappa shape index (κ1) is 13.8. The molecule has 3 N–H and O–H groups in total. The van der Waals surface area contributed by atoms with Gasteiger partial charge in [0, 0.05) is 19.6 Å². The molecule has 1 unspecified atom stereocenters. The normalized spacial score (nSPS) is 13.5. The molecule has 0 aromatic heterocycles. The van der Waals surface area contributed by atoms with Crippen LogP contribution in [0.5, 0.6) is 0 Å². The second-order valence-corrected chi connectivity index (χ2v) is 3.21. The maximum Gasteiger partial charge on any atom is 0.0745 e. The van der Waals surface area contributed by atoms with Gasteiger partial charge < -0.3 is 20.1 Å². The highest BCUT2D eigenvalue weighted by Gasteiger charge is 2.03. The summed E-state index contributed by atoms with van der Waals surface area (Å²) < 4.78 is 5.16. The molecule has 0 aliphatic carbocycles. The maximum absolute atomic E-state index is 8.91. The lowest BCUT2D eigenvalue weighted by Crippen LogP contribution is -2.33. The number of aliphatic hydroxyl groups is 3. The average Bonchev–Trinajstić information content (AvgIpc) is 2.12. The highest BCUT2D eigenvalue weighted by Crippen LogP contribution is 1.89. The molecule has 0 saturated heterocycles. The molecule has 0 amide bonds. The molecule has 5 heteroatoms. The zero-order valence-electron chi connectivity index (χ0n) is 8.72. The average molecular weight is 207 g/mol. The Morgan fingerprint density at radius 3 is 2.14 bits per heavy atom. The van der Waals surface area contributed by atoms with Crippen LogP contribution in [0.25, 0.3) is 0 Å². The van der Waals surface area contributed by atoms with Gasteiger partial charge in [0.15, 0.2) is 0 Å². The highest BCUT2D eigenvalue weighted by molar-refractivity contribution is 4.55. The van der Waals surface area contributed by atoms with Crippen LogP contribution in [0.4, 0.5) is 0 Å². The number of ether oxygens (including phenoxy) is 1. The van der Waals surface area contributed by atoms with Crippen LogP contribution in [0.2, 0.25) is 0 Å². The molecular weight excluding hydrogens is 186 g/mol. The van der Waals surface area contributed by atoms with E-state index in [1.54, 1.807) is 6.92 Å². The zero-order chi connectivity index (χ0) is 10.8. The summed E-state index contributed by atoms with van der Waals surface area (Å²) in [6, 6.07) is 0. The van der Waals surface area contributed by atoms with E-state index in [1.807, 2.05) is 4.90 Å². The molecule has 0 fully saturated rings. The lowest BCUT2D eigenvalue weighted by molar-refractivity contribution is 0.0313. The number of rotatable bonds is 9. The Bertz CT molecular complexity index is 115. The predicted molar refractivity (Wildman–Crippen MR) is 53.1 cm³/mol. The van der Waals surface area contributed by atoms with Crippen LogP contribution in [0.1, 0.15) is 6.92 Å². The Labute approximate surface area is 84.9 Å². The van der Waals surface area contributed by atoms with Crippen molar-refractivity contribution in [1.82, 2.24) is 4.90 Å². The molecule has 0 aliphatic rings. The fourth-order valence-corrected chi connectivity index (χ4v) is 1.07. The summed E-state index contributed by atoms with van der Waals surface area (Å²) in [6.45, 7) is 4.40. The SMILES string of the molecule is CC(O)COCCN(CCO)CCO. The van der Waals surface area contributed by atoms with Crippen molar-refractivity contribution < 1.29 is 20.1 Å². The van der Waals surface area contributed by atoms with E-state index in [0.717, 1.165) is 0 Å². The molecule has 0 aromatic carbocycles. The van der Waals surface area contributed by atoms with Crippen LogP contribution in [-0.2, 0) is 4.74 Å². The molecular formula is C9H21NO4. The topological polar surface area (TPSA) is 73.2 Å². The van der Waals surface area contributed by atoms with Gasteiger partial charge in [-0.25, -0.2) is 0 Å². The Morgan fingerprint density at radius 1 is 1.14 bits per heavy atom. The minimum Gasteiger partial charge on any atom is -0.395 e. The van der Waals surface area contributed by atoms with Crippen LogP contribution < -0.4 is 0 Å². The van der Waals surface area contributed by atoms with E-state index in [9.17, 15) is 0 Å². The minimum atomic E-state index is -0.445. The lowest BCUT2D eigenvalue weighted by atomic mass is 10.4. The molecule has 5 nitrogen and oxygen atoms in total. The van der Waals surface area contributed by atoms with Crippen molar-refractivity contribution in [3.05, 3.63) is 0 Å². The van der Waals surface area contributed by atoms with Crippen molar-refractivity contribution >= 4 is 0 Å². The summed E-state index contributed by atoms with van der Waals surface area (Å²) in [4.78, 5) is 1.90. The fourth-order valence-electron chi connectivity index (χ4n) is 1.07. The summed E-state index contributed by atoms with van der Waals surface area (Å²) in [6.07, 6.45) is -0.445. The summed E-state index contributed by atoms with van der Waals surface area (Å²) in [5.41, 5.74) is 0. The smallest absolute Gasteiger partial charge is 0.0745 e. The fraction of sp³-hybridized carbons (Fsp3) is 1.00. The monoisotopic (exact) mass is 207 g/mol. The Morgan fingerprint density at radius 2 is 1.71 bits per heavy atom. The van der Waals surface area contributed by atoms with E-state index in [1.165, 1.54) is 0 Å². The van der Waals surface area contributed by atoms with Gasteiger partial charge >= 0.3 is 0 Å². The van der Waals surface area contributed by atoms with Gasteiger partial charge in [0.25, 0.3) is 0 Å². The Hall–Kier alpha value is -0.200. The number of aliphatic hydroxyl groups excluding tert-OH is 3. The van der Waals surface area contributed by atoms with Gasteiger partial charge in [0.05, 0.1) is 32.5 Å². The van der Waals surface area contributed by atoms with Crippen molar-refractivity contribution in [3.63, 3.8) is 0 Å². The largest absolute Gasteiger partial charge is 0.395 e.